The first kappa shape index (κ1) is 19.3. The molecule has 2 aromatic carbocycles. The van der Waals surface area contributed by atoms with Crippen LogP contribution in [0.2, 0.25) is 0 Å². The van der Waals surface area contributed by atoms with Crippen molar-refractivity contribution < 1.29 is 9.90 Å². The predicted molar refractivity (Wildman–Crippen MR) is 114 cm³/mol. The molecule has 29 heavy (non-hydrogen) atoms. The average Bonchev–Trinajstić information content (AvgIpc) is 2.80. The van der Waals surface area contributed by atoms with Gasteiger partial charge in [-0.3, -0.25) is 9.78 Å². The quantitative estimate of drug-likeness (QED) is 0.715. The number of aromatic nitrogens is 1. The number of benzene rings is 2. The summed E-state index contributed by atoms with van der Waals surface area (Å²) in [5, 5.41) is 9.23. The lowest BCUT2D eigenvalue weighted by atomic mass is 9.93. The molecule has 4 rings (SSSR count). The smallest absolute Gasteiger partial charge is 0.227 e. The third-order valence-corrected chi connectivity index (χ3v) is 5.59. The van der Waals surface area contributed by atoms with Gasteiger partial charge in [-0.2, -0.15) is 0 Å². The number of hydrogen-bond donors (Lipinski definition) is 1. The summed E-state index contributed by atoms with van der Waals surface area (Å²) in [5.74, 6) is 0.455. The molecule has 1 fully saturated rings. The molecule has 1 amide bonds. The summed E-state index contributed by atoms with van der Waals surface area (Å²) in [6, 6.07) is 23.9. The van der Waals surface area contributed by atoms with Crippen LogP contribution in [0.1, 0.15) is 35.6 Å². The van der Waals surface area contributed by atoms with Crippen LogP contribution in [0.15, 0.2) is 72.8 Å². The molecule has 0 unspecified atom stereocenters. The maximum Gasteiger partial charge on any atom is 0.227 e. The number of amides is 1. The Bertz CT molecular complexity index is 954. The molecule has 0 bridgehead atoms. The van der Waals surface area contributed by atoms with Crippen molar-refractivity contribution in [2.24, 2.45) is 0 Å². The van der Waals surface area contributed by atoms with Gasteiger partial charge in [-0.05, 0) is 36.1 Å². The Morgan fingerprint density at radius 3 is 2.52 bits per heavy atom. The molecule has 0 saturated carbocycles. The zero-order valence-electron chi connectivity index (χ0n) is 16.5. The molecule has 0 radical (unpaired) electrons. The van der Waals surface area contributed by atoms with Gasteiger partial charge in [0.05, 0.1) is 18.7 Å². The minimum absolute atomic E-state index is 0.0443. The van der Waals surface area contributed by atoms with E-state index >= 15 is 0 Å². The number of hydrogen-bond acceptors (Lipinski definition) is 3. The van der Waals surface area contributed by atoms with Gasteiger partial charge in [0.15, 0.2) is 0 Å². The Balaban J connectivity index is 1.47. The maximum absolute atomic E-state index is 12.8. The van der Waals surface area contributed by atoms with Gasteiger partial charge in [0.2, 0.25) is 5.91 Å². The van der Waals surface area contributed by atoms with E-state index in [1.807, 2.05) is 71.6 Å². The Hall–Kier alpha value is -2.98. The molecule has 4 heteroatoms. The number of carbonyl (C=O) groups is 1. The van der Waals surface area contributed by atoms with Crippen molar-refractivity contribution in [2.45, 2.75) is 31.8 Å². The Labute approximate surface area is 171 Å². The van der Waals surface area contributed by atoms with E-state index in [4.69, 9.17) is 4.98 Å². The topological polar surface area (TPSA) is 53.4 Å². The fourth-order valence-electron chi connectivity index (χ4n) is 3.95. The number of aliphatic hydroxyl groups is 1. The van der Waals surface area contributed by atoms with E-state index in [9.17, 15) is 9.90 Å². The number of nitrogens with zero attached hydrogens (tertiary/aromatic N) is 2. The lowest BCUT2D eigenvalue weighted by Gasteiger charge is -2.32. The van der Waals surface area contributed by atoms with Crippen LogP contribution in [0, 0.1) is 0 Å². The largest absolute Gasteiger partial charge is 0.392 e. The fraction of sp³-hybridized carbons (Fsp3) is 0.280. The van der Waals surface area contributed by atoms with Crippen molar-refractivity contribution in [1.29, 1.82) is 0 Å². The van der Waals surface area contributed by atoms with Crippen molar-refractivity contribution in [3.05, 3.63) is 89.6 Å². The van der Waals surface area contributed by atoms with Crippen LogP contribution in [0.5, 0.6) is 0 Å². The van der Waals surface area contributed by atoms with Gasteiger partial charge >= 0.3 is 0 Å². The molecule has 0 aliphatic carbocycles. The van der Waals surface area contributed by atoms with E-state index in [0.717, 1.165) is 54.0 Å². The normalized spacial score (nSPS) is 16.6. The summed E-state index contributed by atoms with van der Waals surface area (Å²) < 4.78 is 0. The molecular weight excluding hydrogens is 360 g/mol. The van der Waals surface area contributed by atoms with E-state index in [1.54, 1.807) is 0 Å². The highest BCUT2D eigenvalue weighted by Crippen LogP contribution is 2.28. The van der Waals surface area contributed by atoms with Crippen LogP contribution in [-0.4, -0.2) is 34.0 Å². The Kier molecular flexibility index (Phi) is 6.01. The average molecular weight is 386 g/mol. The molecule has 148 valence electrons. The second kappa shape index (κ2) is 9.01. The third-order valence-electron chi connectivity index (χ3n) is 5.59. The van der Waals surface area contributed by atoms with Crippen LogP contribution < -0.4 is 0 Å². The molecular formula is C25H26N2O2. The van der Waals surface area contributed by atoms with Crippen LogP contribution in [0.3, 0.4) is 0 Å². The summed E-state index contributed by atoms with van der Waals surface area (Å²) in [6.45, 7) is 1.60. The first-order valence-electron chi connectivity index (χ1n) is 10.2. The summed E-state index contributed by atoms with van der Waals surface area (Å²) in [5.41, 5.74) is 4.97. The van der Waals surface area contributed by atoms with Gasteiger partial charge in [0.1, 0.15) is 0 Å². The number of carbonyl (C=O) groups excluding carboxylic acids is 1. The van der Waals surface area contributed by atoms with E-state index in [1.165, 1.54) is 0 Å². The number of rotatable bonds is 5. The number of piperidine rings is 1. The van der Waals surface area contributed by atoms with Gasteiger partial charge in [0, 0.05) is 30.3 Å². The highest BCUT2D eigenvalue weighted by molar-refractivity contribution is 5.79. The van der Waals surface area contributed by atoms with E-state index < -0.39 is 0 Å². The minimum atomic E-state index is 0.0443. The highest BCUT2D eigenvalue weighted by Gasteiger charge is 2.25. The fourth-order valence-corrected chi connectivity index (χ4v) is 3.95. The molecule has 1 N–H and O–H groups in total. The number of likely N-dealkylation sites (tertiary alicyclic amines) is 1. The number of pyridine rings is 1. The summed E-state index contributed by atoms with van der Waals surface area (Å²) in [4.78, 5) is 19.7. The van der Waals surface area contributed by atoms with Gasteiger partial charge in [-0.25, -0.2) is 0 Å². The molecule has 1 aliphatic rings. The van der Waals surface area contributed by atoms with Crippen molar-refractivity contribution in [3.8, 4) is 11.3 Å². The summed E-state index contributed by atoms with van der Waals surface area (Å²) in [6.07, 6.45) is 2.51. The van der Waals surface area contributed by atoms with Crippen LogP contribution >= 0.6 is 0 Å². The van der Waals surface area contributed by atoms with Crippen LogP contribution in [-0.2, 0) is 17.8 Å². The van der Waals surface area contributed by atoms with Crippen molar-refractivity contribution in [2.75, 3.05) is 13.1 Å². The van der Waals surface area contributed by atoms with Gasteiger partial charge < -0.3 is 10.0 Å². The maximum atomic E-state index is 12.8. The molecule has 3 aromatic rings. The van der Waals surface area contributed by atoms with Crippen molar-refractivity contribution >= 4 is 5.91 Å². The second-order valence-corrected chi connectivity index (χ2v) is 7.64. The van der Waals surface area contributed by atoms with Crippen molar-refractivity contribution in [3.63, 3.8) is 0 Å². The standard InChI is InChI=1S/C25H26N2O2/c28-18-20-11-13-21(14-12-20)23-9-4-10-24(26-23)22-8-5-15-27(17-22)25(29)16-19-6-2-1-3-7-19/h1-4,6-7,9-14,22,28H,5,8,15-18H2/t22-/m1/s1. The lowest BCUT2D eigenvalue weighted by molar-refractivity contribution is -0.131. The molecule has 1 aromatic heterocycles. The zero-order chi connectivity index (χ0) is 20.1. The minimum Gasteiger partial charge on any atom is -0.392 e. The van der Waals surface area contributed by atoms with E-state index in [2.05, 4.69) is 6.07 Å². The highest BCUT2D eigenvalue weighted by atomic mass is 16.3. The van der Waals surface area contributed by atoms with Crippen LogP contribution in [0.4, 0.5) is 0 Å². The lowest BCUT2D eigenvalue weighted by Crippen LogP contribution is -2.40. The monoisotopic (exact) mass is 386 g/mol. The van der Waals surface area contributed by atoms with E-state index in [-0.39, 0.29) is 18.4 Å². The predicted octanol–water partition coefficient (Wildman–Crippen LogP) is 4.19. The molecule has 1 atom stereocenters. The Morgan fingerprint density at radius 2 is 1.76 bits per heavy atom. The SMILES string of the molecule is O=C(Cc1ccccc1)N1CCC[C@@H](c2cccc(-c3ccc(CO)cc3)n2)C1. The summed E-state index contributed by atoms with van der Waals surface area (Å²) >= 11 is 0. The van der Waals surface area contributed by atoms with Gasteiger partial charge in [-0.1, -0.05) is 60.7 Å². The van der Waals surface area contributed by atoms with Gasteiger partial charge in [-0.15, -0.1) is 0 Å². The molecule has 0 spiro atoms. The molecule has 1 saturated heterocycles. The molecule has 1 aliphatic heterocycles. The zero-order valence-corrected chi connectivity index (χ0v) is 16.5. The van der Waals surface area contributed by atoms with Crippen molar-refractivity contribution in [1.82, 2.24) is 9.88 Å². The Morgan fingerprint density at radius 1 is 0.966 bits per heavy atom. The first-order valence-corrected chi connectivity index (χ1v) is 10.2. The second-order valence-electron chi connectivity index (χ2n) is 7.64. The molecule has 4 nitrogen and oxygen atoms in total. The number of aliphatic hydroxyl groups excluding tert-OH is 1. The van der Waals surface area contributed by atoms with Gasteiger partial charge in [0.25, 0.3) is 0 Å². The van der Waals surface area contributed by atoms with Crippen LogP contribution in [0.25, 0.3) is 11.3 Å². The van der Waals surface area contributed by atoms with E-state index in [0.29, 0.717) is 6.42 Å². The molecule has 2 heterocycles. The summed E-state index contributed by atoms with van der Waals surface area (Å²) in [7, 11) is 0. The first-order chi connectivity index (χ1) is 14.2. The third kappa shape index (κ3) is 4.72.